The minimum Gasteiger partial charge on any atom is -0.399 e. The SMILES string of the molecule is Cc1c(N)cccc1CN(C)Cc1ccccc1. The molecule has 0 spiro atoms. The Morgan fingerprint density at radius 2 is 1.67 bits per heavy atom. The van der Waals surface area contributed by atoms with Crippen molar-refractivity contribution >= 4 is 5.69 Å². The number of nitrogens with two attached hydrogens (primary N) is 1. The Kier molecular flexibility index (Phi) is 4.00. The van der Waals surface area contributed by atoms with Crippen LogP contribution < -0.4 is 5.73 Å². The molecule has 2 N–H and O–H groups in total. The second kappa shape index (κ2) is 5.69. The Hall–Kier alpha value is -1.80. The number of nitrogens with zero attached hydrogens (tertiary/aromatic N) is 1. The van der Waals surface area contributed by atoms with Gasteiger partial charge in [-0.15, -0.1) is 0 Å². The molecule has 0 saturated carbocycles. The van der Waals surface area contributed by atoms with E-state index in [1.165, 1.54) is 16.7 Å². The highest BCUT2D eigenvalue weighted by Gasteiger charge is 2.05. The van der Waals surface area contributed by atoms with E-state index in [2.05, 4.69) is 49.2 Å². The molecule has 0 unspecified atom stereocenters. The number of hydrogen-bond donors (Lipinski definition) is 1. The molecule has 0 heterocycles. The van der Waals surface area contributed by atoms with Crippen molar-refractivity contribution in [3.8, 4) is 0 Å². The molecule has 0 atom stereocenters. The first-order valence-electron chi connectivity index (χ1n) is 6.23. The number of benzene rings is 2. The summed E-state index contributed by atoms with van der Waals surface area (Å²) >= 11 is 0. The number of anilines is 1. The van der Waals surface area contributed by atoms with Crippen molar-refractivity contribution in [2.45, 2.75) is 20.0 Å². The van der Waals surface area contributed by atoms with Crippen LogP contribution in [-0.2, 0) is 13.1 Å². The van der Waals surface area contributed by atoms with Crippen LogP contribution in [0.2, 0.25) is 0 Å². The molecule has 2 nitrogen and oxygen atoms in total. The summed E-state index contributed by atoms with van der Waals surface area (Å²) < 4.78 is 0. The Morgan fingerprint density at radius 1 is 0.944 bits per heavy atom. The molecule has 0 aliphatic carbocycles. The van der Waals surface area contributed by atoms with E-state index in [1.807, 2.05) is 18.2 Å². The molecule has 0 saturated heterocycles. The highest BCUT2D eigenvalue weighted by molar-refractivity contribution is 5.49. The fourth-order valence-electron chi connectivity index (χ4n) is 2.12. The lowest BCUT2D eigenvalue weighted by Crippen LogP contribution is -2.18. The van der Waals surface area contributed by atoms with Crippen molar-refractivity contribution in [3.05, 3.63) is 65.2 Å². The summed E-state index contributed by atoms with van der Waals surface area (Å²) in [6, 6.07) is 16.6. The first kappa shape index (κ1) is 12.7. The lowest BCUT2D eigenvalue weighted by Gasteiger charge is -2.18. The molecule has 18 heavy (non-hydrogen) atoms. The summed E-state index contributed by atoms with van der Waals surface area (Å²) in [7, 11) is 2.13. The predicted octanol–water partition coefficient (Wildman–Crippen LogP) is 3.21. The zero-order valence-electron chi connectivity index (χ0n) is 11.1. The van der Waals surface area contributed by atoms with Gasteiger partial charge in [0.1, 0.15) is 0 Å². The molecule has 0 amide bonds. The summed E-state index contributed by atoms with van der Waals surface area (Å²) in [5.41, 5.74) is 10.6. The van der Waals surface area contributed by atoms with Crippen LogP contribution in [0.3, 0.4) is 0 Å². The van der Waals surface area contributed by atoms with Crippen LogP contribution in [-0.4, -0.2) is 11.9 Å². The van der Waals surface area contributed by atoms with Gasteiger partial charge in [-0.25, -0.2) is 0 Å². The monoisotopic (exact) mass is 240 g/mol. The number of hydrogen-bond acceptors (Lipinski definition) is 2. The number of nitrogen functional groups attached to an aromatic ring is 1. The molecule has 0 fully saturated rings. The van der Waals surface area contributed by atoms with E-state index in [0.717, 1.165) is 18.8 Å². The van der Waals surface area contributed by atoms with Crippen molar-refractivity contribution in [1.82, 2.24) is 4.90 Å². The van der Waals surface area contributed by atoms with Crippen LogP contribution in [0.4, 0.5) is 5.69 Å². The molecular formula is C16H20N2. The third-order valence-corrected chi connectivity index (χ3v) is 3.22. The van der Waals surface area contributed by atoms with Crippen LogP contribution in [0.5, 0.6) is 0 Å². The quantitative estimate of drug-likeness (QED) is 0.831. The highest BCUT2D eigenvalue weighted by Crippen LogP contribution is 2.17. The van der Waals surface area contributed by atoms with Gasteiger partial charge in [-0.2, -0.15) is 0 Å². The summed E-state index contributed by atoms with van der Waals surface area (Å²) in [6.45, 7) is 3.96. The van der Waals surface area contributed by atoms with Gasteiger partial charge in [0.2, 0.25) is 0 Å². The standard InChI is InChI=1S/C16H20N2/c1-13-15(9-6-10-16(13)17)12-18(2)11-14-7-4-3-5-8-14/h3-10H,11-12,17H2,1-2H3. The maximum Gasteiger partial charge on any atom is 0.0346 e. The van der Waals surface area contributed by atoms with Gasteiger partial charge >= 0.3 is 0 Å². The highest BCUT2D eigenvalue weighted by atomic mass is 15.1. The molecule has 2 aromatic rings. The van der Waals surface area contributed by atoms with E-state index in [9.17, 15) is 0 Å². The van der Waals surface area contributed by atoms with Crippen LogP contribution in [0.25, 0.3) is 0 Å². The maximum absolute atomic E-state index is 5.93. The third kappa shape index (κ3) is 3.11. The molecule has 0 aliphatic rings. The Bertz CT molecular complexity index is 506. The van der Waals surface area contributed by atoms with Gasteiger partial charge < -0.3 is 5.73 Å². The van der Waals surface area contributed by atoms with E-state index in [4.69, 9.17) is 5.73 Å². The molecule has 0 aromatic heterocycles. The summed E-state index contributed by atoms with van der Waals surface area (Å²) in [5.74, 6) is 0. The molecule has 0 bridgehead atoms. The molecule has 94 valence electrons. The normalized spacial score (nSPS) is 10.8. The molecule has 2 rings (SSSR count). The Morgan fingerprint density at radius 3 is 2.39 bits per heavy atom. The van der Waals surface area contributed by atoms with E-state index in [-0.39, 0.29) is 0 Å². The lowest BCUT2D eigenvalue weighted by molar-refractivity contribution is 0.318. The van der Waals surface area contributed by atoms with Crippen molar-refractivity contribution in [1.29, 1.82) is 0 Å². The maximum atomic E-state index is 5.93. The zero-order chi connectivity index (χ0) is 13.0. The Balaban J connectivity index is 2.03. The van der Waals surface area contributed by atoms with E-state index >= 15 is 0 Å². The first-order valence-corrected chi connectivity index (χ1v) is 6.23. The third-order valence-electron chi connectivity index (χ3n) is 3.22. The van der Waals surface area contributed by atoms with Gasteiger partial charge in [0.25, 0.3) is 0 Å². The fraction of sp³-hybridized carbons (Fsp3) is 0.250. The molecule has 2 aromatic carbocycles. The average molecular weight is 240 g/mol. The van der Waals surface area contributed by atoms with Gasteiger partial charge in [-0.05, 0) is 36.7 Å². The lowest BCUT2D eigenvalue weighted by atomic mass is 10.1. The van der Waals surface area contributed by atoms with E-state index in [1.54, 1.807) is 0 Å². The average Bonchev–Trinajstić information content (AvgIpc) is 2.36. The molecule has 0 radical (unpaired) electrons. The van der Waals surface area contributed by atoms with Gasteiger partial charge in [-0.3, -0.25) is 4.90 Å². The van der Waals surface area contributed by atoms with Crippen LogP contribution >= 0.6 is 0 Å². The van der Waals surface area contributed by atoms with Crippen molar-refractivity contribution in [3.63, 3.8) is 0 Å². The van der Waals surface area contributed by atoms with Crippen LogP contribution in [0, 0.1) is 6.92 Å². The van der Waals surface area contributed by atoms with Gasteiger partial charge in [0.15, 0.2) is 0 Å². The first-order chi connectivity index (χ1) is 8.66. The van der Waals surface area contributed by atoms with Gasteiger partial charge in [-0.1, -0.05) is 42.5 Å². The van der Waals surface area contributed by atoms with E-state index in [0.29, 0.717) is 0 Å². The molecule has 0 aliphatic heterocycles. The second-order valence-electron chi connectivity index (χ2n) is 4.79. The minimum absolute atomic E-state index is 0.876. The van der Waals surface area contributed by atoms with Crippen molar-refractivity contribution in [2.75, 3.05) is 12.8 Å². The molecule has 2 heteroatoms. The summed E-state index contributed by atoms with van der Waals surface area (Å²) in [5, 5.41) is 0. The van der Waals surface area contributed by atoms with Crippen molar-refractivity contribution in [2.24, 2.45) is 0 Å². The topological polar surface area (TPSA) is 29.3 Å². The van der Waals surface area contributed by atoms with Crippen LogP contribution in [0.15, 0.2) is 48.5 Å². The predicted molar refractivity (Wildman–Crippen MR) is 77.2 cm³/mol. The second-order valence-corrected chi connectivity index (χ2v) is 4.79. The van der Waals surface area contributed by atoms with Gasteiger partial charge in [0, 0.05) is 18.8 Å². The fourth-order valence-corrected chi connectivity index (χ4v) is 2.12. The summed E-state index contributed by atoms with van der Waals surface area (Å²) in [4.78, 5) is 2.30. The minimum atomic E-state index is 0.876. The summed E-state index contributed by atoms with van der Waals surface area (Å²) in [6.07, 6.45) is 0. The zero-order valence-corrected chi connectivity index (χ0v) is 11.1. The largest absolute Gasteiger partial charge is 0.399 e. The number of rotatable bonds is 4. The van der Waals surface area contributed by atoms with Crippen LogP contribution in [0.1, 0.15) is 16.7 Å². The smallest absolute Gasteiger partial charge is 0.0346 e. The Labute approximate surface area is 109 Å². The molecular weight excluding hydrogens is 220 g/mol. The van der Waals surface area contributed by atoms with Gasteiger partial charge in [0.05, 0.1) is 0 Å². The van der Waals surface area contributed by atoms with Crippen molar-refractivity contribution < 1.29 is 0 Å². The van der Waals surface area contributed by atoms with E-state index < -0.39 is 0 Å².